The van der Waals surface area contributed by atoms with E-state index in [1.54, 1.807) is 12.1 Å². The van der Waals surface area contributed by atoms with Crippen LogP contribution in [0.1, 0.15) is 5.56 Å². The van der Waals surface area contributed by atoms with Gasteiger partial charge in [-0.1, -0.05) is 12.1 Å². The Morgan fingerprint density at radius 3 is 2.35 bits per heavy atom. The van der Waals surface area contributed by atoms with E-state index in [0.29, 0.717) is 5.56 Å². The lowest BCUT2D eigenvalue weighted by Crippen LogP contribution is -2.56. The van der Waals surface area contributed by atoms with Gasteiger partial charge in [-0.2, -0.15) is 0 Å². The third kappa shape index (κ3) is 4.33. The van der Waals surface area contributed by atoms with Crippen LogP contribution in [0.3, 0.4) is 0 Å². The summed E-state index contributed by atoms with van der Waals surface area (Å²) in [5.41, 5.74) is 0.645. The molecule has 1 heterocycles. The van der Waals surface area contributed by atoms with Crippen LogP contribution in [0.2, 0.25) is 0 Å². The molecule has 1 atom stereocenters. The fraction of sp³-hybridized carbons (Fsp3) is 0.214. The Morgan fingerprint density at radius 1 is 1.26 bits per heavy atom. The minimum Gasteiger partial charge on any atom is -0.508 e. The number of aliphatic carboxylic acids is 1. The van der Waals surface area contributed by atoms with Crippen LogP contribution in [0.4, 0.5) is 0 Å². The summed E-state index contributed by atoms with van der Waals surface area (Å²) >= 11 is 4.66. The van der Waals surface area contributed by atoms with Crippen LogP contribution in [0.5, 0.6) is 5.75 Å². The van der Waals surface area contributed by atoms with Crippen LogP contribution in [0.25, 0.3) is 0 Å². The Morgan fingerprint density at radius 2 is 1.83 bits per heavy atom. The monoisotopic (exact) mass is 335 g/mol. The number of carboxylic acid groups (broad SMARTS) is 1. The Hall–Kier alpha value is -2.81. The second-order valence-corrected chi connectivity index (χ2v) is 5.22. The highest BCUT2D eigenvalue weighted by molar-refractivity contribution is 7.80. The average Bonchev–Trinajstić information content (AvgIpc) is 2.46. The summed E-state index contributed by atoms with van der Waals surface area (Å²) in [5.74, 6) is -3.67. The van der Waals surface area contributed by atoms with Gasteiger partial charge >= 0.3 is 5.97 Å². The van der Waals surface area contributed by atoms with Gasteiger partial charge in [0.1, 0.15) is 5.75 Å². The highest BCUT2D eigenvalue weighted by atomic mass is 32.1. The lowest BCUT2D eigenvalue weighted by atomic mass is 10.1. The van der Waals surface area contributed by atoms with Crippen LogP contribution in [-0.2, 0) is 20.8 Å². The number of phenolic OH excluding ortho intramolecular Hbond substituents is 1. The van der Waals surface area contributed by atoms with Gasteiger partial charge in [0, 0.05) is 12.6 Å². The quantitative estimate of drug-likeness (QED) is 0.329. The van der Waals surface area contributed by atoms with Gasteiger partial charge in [0.15, 0.2) is 17.1 Å². The van der Waals surface area contributed by atoms with E-state index in [0.717, 1.165) is 6.21 Å². The molecular weight excluding hydrogens is 322 g/mol. The first-order valence-electron chi connectivity index (χ1n) is 6.56. The first kappa shape index (κ1) is 16.6. The lowest BCUT2D eigenvalue weighted by molar-refractivity contribution is -0.138. The maximum absolute atomic E-state index is 11.7. The summed E-state index contributed by atoms with van der Waals surface area (Å²) in [6, 6.07) is 4.84. The molecule has 0 saturated carbocycles. The molecule has 1 saturated heterocycles. The van der Waals surface area contributed by atoms with E-state index in [1.807, 2.05) is 0 Å². The van der Waals surface area contributed by atoms with Crippen molar-refractivity contribution in [3.63, 3.8) is 0 Å². The number of hydrogen-bond acceptors (Lipinski definition) is 6. The molecule has 0 radical (unpaired) electrons. The fourth-order valence-corrected chi connectivity index (χ4v) is 2.12. The summed E-state index contributed by atoms with van der Waals surface area (Å²) in [6.45, 7) is 0. The predicted molar refractivity (Wildman–Crippen MR) is 84.1 cm³/mol. The molecule has 9 heteroatoms. The van der Waals surface area contributed by atoms with Crippen molar-refractivity contribution >= 4 is 41.3 Å². The molecule has 120 valence electrons. The molecular formula is C14H13N3O5S. The number of amides is 2. The van der Waals surface area contributed by atoms with Crippen molar-refractivity contribution in [3.8, 4) is 5.75 Å². The zero-order valence-corrected chi connectivity index (χ0v) is 12.5. The summed E-state index contributed by atoms with van der Waals surface area (Å²) in [7, 11) is 0. The van der Waals surface area contributed by atoms with E-state index in [4.69, 9.17) is 0 Å². The molecule has 1 aliphatic heterocycles. The smallest absolute Gasteiger partial charge is 0.328 e. The minimum atomic E-state index is -1.23. The van der Waals surface area contributed by atoms with Gasteiger partial charge in [-0.15, -0.1) is 0 Å². The third-order valence-corrected chi connectivity index (χ3v) is 3.31. The van der Waals surface area contributed by atoms with Crippen LogP contribution < -0.4 is 10.6 Å². The normalized spacial score (nSPS) is 17.0. The molecule has 8 nitrogen and oxygen atoms in total. The SMILES string of the molecule is O=C1NC(=S)NC(=O)C1C=N[C@H](Cc1ccc(O)cc1)C(=O)O. The van der Waals surface area contributed by atoms with Crippen molar-refractivity contribution in [1.29, 1.82) is 0 Å². The molecule has 2 rings (SSSR count). The van der Waals surface area contributed by atoms with Crippen LogP contribution in [0, 0.1) is 5.92 Å². The van der Waals surface area contributed by atoms with E-state index in [1.165, 1.54) is 12.1 Å². The first-order chi connectivity index (χ1) is 10.9. The summed E-state index contributed by atoms with van der Waals surface area (Å²) in [5, 5.41) is 22.8. The second-order valence-electron chi connectivity index (χ2n) is 4.81. The number of aliphatic imine (C=N–C) groups is 1. The molecule has 0 aromatic heterocycles. The lowest BCUT2D eigenvalue weighted by Gasteiger charge is -2.19. The number of nitrogens with zero attached hydrogens (tertiary/aromatic N) is 1. The molecule has 2 amide bonds. The third-order valence-electron chi connectivity index (χ3n) is 3.10. The molecule has 4 N–H and O–H groups in total. The van der Waals surface area contributed by atoms with Crippen LogP contribution in [0.15, 0.2) is 29.3 Å². The Balaban J connectivity index is 2.11. The number of carbonyl (C=O) groups excluding carboxylic acids is 2. The van der Waals surface area contributed by atoms with Crippen LogP contribution >= 0.6 is 12.2 Å². The molecule has 1 aromatic rings. The van der Waals surface area contributed by atoms with Crippen molar-refractivity contribution in [1.82, 2.24) is 10.6 Å². The highest BCUT2D eigenvalue weighted by Crippen LogP contribution is 2.13. The van der Waals surface area contributed by atoms with E-state index >= 15 is 0 Å². The van der Waals surface area contributed by atoms with Crippen molar-refractivity contribution in [2.24, 2.45) is 10.9 Å². The minimum absolute atomic E-state index is 0.0560. The predicted octanol–water partition coefficient (Wildman–Crippen LogP) is -0.394. The molecule has 0 bridgehead atoms. The number of thiocarbonyl (C=S) groups is 1. The molecule has 1 fully saturated rings. The van der Waals surface area contributed by atoms with Crippen LogP contribution in [-0.4, -0.2) is 45.4 Å². The number of phenols is 1. The topological polar surface area (TPSA) is 128 Å². The maximum Gasteiger partial charge on any atom is 0.328 e. The van der Waals surface area contributed by atoms with Crippen molar-refractivity contribution < 1.29 is 24.6 Å². The second kappa shape index (κ2) is 6.97. The zero-order chi connectivity index (χ0) is 17.0. The summed E-state index contributed by atoms with van der Waals surface area (Å²) in [4.78, 5) is 38.4. The average molecular weight is 335 g/mol. The molecule has 23 heavy (non-hydrogen) atoms. The fourth-order valence-electron chi connectivity index (χ4n) is 1.91. The van der Waals surface area contributed by atoms with Crippen molar-refractivity contribution in [2.45, 2.75) is 12.5 Å². The molecule has 0 unspecified atom stereocenters. The highest BCUT2D eigenvalue weighted by Gasteiger charge is 2.31. The van der Waals surface area contributed by atoms with E-state index < -0.39 is 29.7 Å². The number of aromatic hydroxyl groups is 1. The Bertz CT molecular complexity index is 666. The number of nitrogens with one attached hydrogen (secondary N) is 2. The van der Waals surface area contributed by atoms with Crippen molar-refractivity contribution in [2.75, 3.05) is 0 Å². The van der Waals surface area contributed by atoms with E-state index in [9.17, 15) is 24.6 Å². The van der Waals surface area contributed by atoms with Gasteiger partial charge in [0.05, 0.1) is 0 Å². The molecule has 0 spiro atoms. The van der Waals surface area contributed by atoms with Gasteiger partial charge in [0.25, 0.3) is 0 Å². The number of carboxylic acids is 1. The molecule has 0 aliphatic carbocycles. The summed E-state index contributed by atoms with van der Waals surface area (Å²) in [6.07, 6.45) is 1.06. The standard InChI is InChI=1S/C14H13N3O5S/c18-8-3-1-7(2-4-8)5-10(13(21)22)15-6-9-11(19)16-14(23)17-12(9)20/h1-4,6,9-10,18H,5H2,(H,21,22)(H2,16,17,19,20,23)/t10-/m1/s1. The zero-order valence-electron chi connectivity index (χ0n) is 11.7. The summed E-state index contributed by atoms with van der Waals surface area (Å²) < 4.78 is 0. The maximum atomic E-state index is 11.7. The van der Waals surface area contributed by atoms with Gasteiger partial charge in [0.2, 0.25) is 11.8 Å². The van der Waals surface area contributed by atoms with E-state index in [2.05, 4.69) is 27.8 Å². The van der Waals surface area contributed by atoms with E-state index in [-0.39, 0.29) is 17.3 Å². The Kier molecular flexibility index (Phi) is 5.02. The first-order valence-corrected chi connectivity index (χ1v) is 6.97. The number of carbonyl (C=O) groups is 3. The van der Waals surface area contributed by atoms with Gasteiger partial charge < -0.3 is 20.8 Å². The number of benzene rings is 1. The van der Waals surface area contributed by atoms with Gasteiger partial charge in [-0.25, -0.2) is 4.79 Å². The van der Waals surface area contributed by atoms with Gasteiger partial charge in [-0.3, -0.25) is 14.6 Å². The van der Waals surface area contributed by atoms with Crippen molar-refractivity contribution in [3.05, 3.63) is 29.8 Å². The van der Waals surface area contributed by atoms with Gasteiger partial charge in [-0.05, 0) is 29.9 Å². The number of rotatable bonds is 5. The number of hydrogen-bond donors (Lipinski definition) is 4. The Labute approximate surface area is 136 Å². The molecule has 1 aliphatic rings. The largest absolute Gasteiger partial charge is 0.508 e. The molecule has 1 aromatic carbocycles.